The molecule has 3 N–H and O–H groups in total. The van der Waals surface area contributed by atoms with Gasteiger partial charge in [0.15, 0.2) is 0 Å². The van der Waals surface area contributed by atoms with Crippen molar-refractivity contribution in [3.8, 4) is 0 Å². The van der Waals surface area contributed by atoms with Gasteiger partial charge in [-0.05, 0) is 18.8 Å². The highest BCUT2D eigenvalue weighted by atomic mass is 16.2. The van der Waals surface area contributed by atoms with Crippen molar-refractivity contribution >= 4 is 18.1 Å². The van der Waals surface area contributed by atoms with Crippen LogP contribution in [-0.2, 0) is 14.4 Å². The van der Waals surface area contributed by atoms with Gasteiger partial charge >= 0.3 is 0 Å². The summed E-state index contributed by atoms with van der Waals surface area (Å²) >= 11 is 0. The number of nitrogens with two attached hydrogens (primary N) is 1. The molecule has 15 heavy (non-hydrogen) atoms. The Morgan fingerprint density at radius 3 is 2.53 bits per heavy atom. The summed E-state index contributed by atoms with van der Waals surface area (Å²) in [4.78, 5) is 32.2. The second-order valence-electron chi connectivity index (χ2n) is 3.94. The molecule has 5 heteroatoms. The maximum Gasteiger partial charge on any atom is 0.287 e. The summed E-state index contributed by atoms with van der Waals surface area (Å²) in [7, 11) is 0. The molecule has 84 valence electrons. The molecule has 1 atom stereocenters. The van der Waals surface area contributed by atoms with Crippen LogP contribution < -0.4 is 11.1 Å². The number of carbonyl (C=O) groups excluding carboxylic acids is 3. The summed E-state index contributed by atoms with van der Waals surface area (Å²) in [6.45, 7) is 0. The van der Waals surface area contributed by atoms with Crippen molar-refractivity contribution in [1.29, 1.82) is 0 Å². The fourth-order valence-corrected chi connectivity index (χ4v) is 1.73. The predicted octanol–water partition coefficient (Wildman–Crippen LogP) is -0.264. The molecule has 0 saturated heterocycles. The highest BCUT2D eigenvalue weighted by Crippen LogP contribution is 2.30. The molecule has 1 aliphatic rings. The smallest absolute Gasteiger partial charge is 0.287 e. The van der Waals surface area contributed by atoms with Gasteiger partial charge in [-0.2, -0.15) is 0 Å². The Balaban J connectivity index is 2.37. The van der Waals surface area contributed by atoms with Crippen molar-refractivity contribution in [2.24, 2.45) is 11.7 Å². The van der Waals surface area contributed by atoms with E-state index in [1.807, 2.05) is 0 Å². The van der Waals surface area contributed by atoms with Crippen LogP contribution in [-0.4, -0.2) is 24.1 Å². The second kappa shape index (κ2) is 5.48. The van der Waals surface area contributed by atoms with Gasteiger partial charge in [-0.15, -0.1) is 0 Å². The van der Waals surface area contributed by atoms with Crippen molar-refractivity contribution in [2.45, 2.75) is 38.1 Å². The minimum absolute atomic E-state index is 0.437. The van der Waals surface area contributed by atoms with Gasteiger partial charge < -0.3 is 11.1 Å². The molecule has 0 heterocycles. The Hall–Kier alpha value is -1.39. The zero-order valence-electron chi connectivity index (χ0n) is 8.57. The zero-order chi connectivity index (χ0) is 11.3. The molecule has 2 amide bonds. The molecule has 1 unspecified atom stereocenters. The third-order valence-electron chi connectivity index (χ3n) is 2.92. The molecule has 1 rings (SSSR count). The van der Waals surface area contributed by atoms with E-state index in [9.17, 15) is 14.4 Å². The summed E-state index contributed by atoms with van der Waals surface area (Å²) in [5.74, 6) is -1.05. The van der Waals surface area contributed by atoms with E-state index >= 15 is 0 Å². The lowest BCUT2D eigenvalue weighted by Crippen LogP contribution is -2.43. The van der Waals surface area contributed by atoms with Crippen molar-refractivity contribution in [3.05, 3.63) is 0 Å². The minimum Gasteiger partial charge on any atom is -0.363 e. The Morgan fingerprint density at radius 2 is 2.13 bits per heavy atom. The molecule has 0 spiro atoms. The number of hydrogen-bond acceptors (Lipinski definition) is 3. The first-order chi connectivity index (χ1) is 7.15. The Kier molecular flexibility index (Phi) is 4.27. The van der Waals surface area contributed by atoms with E-state index in [0.29, 0.717) is 18.7 Å². The topological polar surface area (TPSA) is 89.3 Å². The molecule has 1 fully saturated rings. The van der Waals surface area contributed by atoms with Crippen molar-refractivity contribution in [1.82, 2.24) is 5.32 Å². The zero-order valence-corrected chi connectivity index (χ0v) is 8.57. The molecule has 0 aromatic heterocycles. The Morgan fingerprint density at radius 1 is 1.47 bits per heavy atom. The van der Waals surface area contributed by atoms with Crippen molar-refractivity contribution in [3.63, 3.8) is 0 Å². The first-order valence-electron chi connectivity index (χ1n) is 5.18. The standard InChI is InChI=1S/C10H16N2O3/c11-10(15)9(14)8(12-6-13)5-4-7-2-1-3-7/h6-8H,1-5H2,(H2,11,15)(H,12,13). The second-order valence-corrected chi connectivity index (χ2v) is 3.94. The van der Waals surface area contributed by atoms with E-state index in [1.54, 1.807) is 0 Å². The molecular formula is C10H16N2O3. The van der Waals surface area contributed by atoms with Crippen LogP contribution >= 0.6 is 0 Å². The molecule has 5 nitrogen and oxygen atoms in total. The summed E-state index contributed by atoms with van der Waals surface area (Å²) in [5.41, 5.74) is 4.88. The molecule has 0 bridgehead atoms. The summed E-state index contributed by atoms with van der Waals surface area (Å²) in [5, 5.41) is 2.34. The average molecular weight is 212 g/mol. The number of rotatable bonds is 7. The molecule has 0 aliphatic heterocycles. The van der Waals surface area contributed by atoms with Crippen molar-refractivity contribution < 1.29 is 14.4 Å². The largest absolute Gasteiger partial charge is 0.363 e. The molecular weight excluding hydrogens is 196 g/mol. The van der Waals surface area contributed by atoms with Gasteiger partial charge in [-0.1, -0.05) is 19.3 Å². The summed E-state index contributed by atoms with van der Waals surface area (Å²) < 4.78 is 0. The number of hydrogen-bond donors (Lipinski definition) is 2. The van der Waals surface area contributed by atoms with Crippen LogP contribution in [0.4, 0.5) is 0 Å². The maximum atomic E-state index is 11.3. The highest BCUT2D eigenvalue weighted by Gasteiger charge is 2.25. The molecule has 0 aromatic carbocycles. The van der Waals surface area contributed by atoms with E-state index in [4.69, 9.17) is 5.73 Å². The van der Waals surface area contributed by atoms with E-state index in [2.05, 4.69) is 5.32 Å². The molecule has 0 radical (unpaired) electrons. The van der Waals surface area contributed by atoms with Crippen molar-refractivity contribution in [2.75, 3.05) is 0 Å². The fourth-order valence-electron chi connectivity index (χ4n) is 1.73. The fraction of sp³-hybridized carbons (Fsp3) is 0.700. The highest BCUT2D eigenvalue weighted by molar-refractivity contribution is 6.37. The number of nitrogens with one attached hydrogen (secondary N) is 1. The van der Waals surface area contributed by atoms with Crippen LogP contribution in [0, 0.1) is 5.92 Å². The first-order valence-corrected chi connectivity index (χ1v) is 5.18. The molecule has 1 saturated carbocycles. The van der Waals surface area contributed by atoms with Gasteiger partial charge in [0.1, 0.15) is 0 Å². The van der Waals surface area contributed by atoms with E-state index in [-0.39, 0.29) is 0 Å². The lowest BCUT2D eigenvalue weighted by molar-refractivity contribution is -0.137. The van der Waals surface area contributed by atoms with Gasteiger partial charge in [0, 0.05) is 0 Å². The average Bonchev–Trinajstić information content (AvgIpc) is 2.12. The predicted molar refractivity (Wildman–Crippen MR) is 53.8 cm³/mol. The van der Waals surface area contributed by atoms with Crippen LogP contribution in [0.3, 0.4) is 0 Å². The Labute approximate surface area is 88.4 Å². The van der Waals surface area contributed by atoms with Crippen LogP contribution in [0.25, 0.3) is 0 Å². The van der Waals surface area contributed by atoms with E-state index < -0.39 is 17.7 Å². The lowest BCUT2D eigenvalue weighted by atomic mass is 9.81. The summed E-state index contributed by atoms with van der Waals surface area (Å²) in [6.07, 6.45) is 5.40. The third-order valence-corrected chi connectivity index (χ3v) is 2.92. The van der Waals surface area contributed by atoms with Crippen LogP contribution in [0.2, 0.25) is 0 Å². The van der Waals surface area contributed by atoms with Crippen LogP contribution in [0.5, 0.6) is 0 Å². The van der Waals surface area contributed by atoms with E-state index in [0.717, 1.165) is 6.42 Å². The normalized spacial score (nSPS) is 17.6. The quantitative estimate of drug-likeness (QED) is 0.450. The first kappa shape index (κ1) is 11.7. The van der Waals surface area contributed by atoms with E-state index in [1.165, 1.54) is 19.3 Å². The number of ketones is 1. The SMILES string of the molecule is NC(=O)C(=O)C(CCC1CCC1)NC=O. The number of Topliss-reactive ketones (excluding diaryl/α,β-unsaturated/α-hetero) is 1. The van der Waals surface area contributed by atoms with Gasteiger partial charge in [0.25, 0.3) is 5.91 Å². The van der Waals surface area contributed by atoms with Gasteiger partial charge in [-0.3, -0.25) is 14.4 Å². The van der Waals surface area contributed by atoms with Crippen LogP contribution in [0.15, 0.2) is 0 Å². The number of carbonyl (C=O) groups is 3. The van der Waals surface area contributed by atoms with Crippen LogP contribution in [0.1, 0.15) is 32.1 Å². The number of primary amides is 1. The number of amides is 2. The van der Waals surface area contributed by atoms with Gasteiger partial charge in [0.05, 0.1) is 6.04 Å². The minimum atomic E-state index is -0.983. The van der Waals surface area contributed by atoms with Gasteiger partial charge in [-0.25, -0.2) is 0 Å². The third kappa shape index (κ3) is 3.34. The summed E-state index contributed by atoms with van der Waals surface area (Å²) in [6, 6.07) is -0.736. The van der Waals surface area contributed by atoms with Gasteiger partial charge in [0.2, 0.25) is 12.2 Å². The molecule has 1 aliphatic carbocycles. The monoisotopic (exact) mass is 212 g/mol. The molecule has 0 aromatic rings. The lowest BCUT2D eigenvalue weighted by Gasteiger charge is -2.26. The maximum absolute atomic E-state index is 11.3. The Bertz CT molecular complexity index is 261.